The van der Waals surface area contributed by atoms with Gasteiger partial charge in [-0.25, -0.2) is 17.7 Å². The van der Waals surface area contributed by atoms with Gasteiger partial charge < -0.3 is 14.4 Å². The summed E-state index contributed by atoms with van der Waals surface area (Å²) in [4.78, 5) is 8.99. The third-order valence-electron chi connectivity index (χ3n) is 4.64. The van der Waals surface area contributed by atoms with Gasteiger partial charge in [0.25, 0.3) is 0 Å². The van der Waals surface area contributed by atoms with Gasteiger partial charge in [-0.3, -0.25) is 0 Å². The Morgan fingerprint density at radius 3 is 2.52 bits per heavy atom. The molecule has 7 nitrogen and oxygen atoms in total. The monoisotopic (exact) mass is 363 g/mol. The van der Waals surface area contributed by atoms with Crippen molar-refractivity contribution in [2.75, 3.05) is 44.5 Å². The first-order valence-corrected chi connectivity index (χ1v) is 9.64. The van der Waals surface area contributed by atoms with Crippen molar-refractivity contribution in [3.05, 3.63) is 35.7 Å². The maximum atomic E-state index is 12.4. The van der Waals surface area contributed by atoms with E-state index in [1.807, 2.05) is 38.3 Å². The molecule has 1 aromatic carbocycles. The minimum absolute atomic E-state index is 0.335. The number of anilines is 2. The van der Waals surface area contributed by atoms with E-state index in [2.05, 4.69) is 14.5 Å². The van der Waals surface area contributed by atoms with Gasteiger partial charge in [0.2, 0.25) is 16.0 Å². The second-order valence-corrected chi connectivity index (χ2v) is 8.90. The van der Waals surface area contributed by atoms with Crippen molar-refractivity contribution in [2.24, 2.45) is 7.05 Å². The summed E-state index contributed by atoms with van der Waals surface area (Å²) in [5.74, 6) is 0.901. The SMILES string of the molecule is CN(C)c1ncc(CN2CCc3ccc(S(=O)(=O)N(C)C)cc32)n1C. The van der Waals surface area contributed by atoms with Crippen LogP contribution in [0.25, 0.3) is 0 Å². The van der Waals surface area contributed by atoms with E-state index in [1.165, 1.54) is 9.87 Å². The molecule has 0 saturated carbocycles. The van der Waals surface area contributed by atoms with Crippen LogP contribution in [0.1, 0.15) is 11.3 Å². The lowest BCUT2D eigenvalue weighted by Gasteiger charge is -2.21. The topological polar surface area (TPSA) is 61.7 Å². The Hall–Kier alpha value is -2.06. The zero-order valence-corrected chi connectivity index (χ0v) is 16.2. The van der Waals surface area contributed by atoms with Gasteiger partial charge in [-0.2, -0.15) is 0 Å². The highest BCUT2D eigenvalue weighted by Crippen LogP contribution is 2.32. The molecule has 0 aliphatic carbocycles. The summed E-state index contributed by atoms with van der Waals surface area (Å²) in [5, 5.41) is 0. The van der Waals surface area contributed by atoms with E-state index in [-0.39, 0.29) is 0 Å². The second-order valence-electron chi connectivity index (χ2n) is 6.75. The first-order chi connectivity index (χ1) is 11.7. The number of nitrogens with zero attached hydrogens (tertiary/aromatic N) is 5. The lowest BCUT2D eigenvalue weighted by Crippen LogP contribution is -2.24. The van der Waals surface area contributed by atoms with Gasteiger partial charge in [0, 0.05) is 47.5 Å². The standard InChI is InChI=1S/C17H25N5O2S/c1-19(2)17-18-11-14(21(17)5)12-22-9-8-13-6-7-15(10-16(13)22)25(23,24)20(3)4/h6-7,10-11H,8-9,12H2,1-5H3. The summed E-state index contributed by atoms with van der Waals surface area (Å²) in [5.41, 5.74) is 3.28. The van der Waals surface area contributed by atoms with E-state index in [0.29, 0.717) is 11.4 Å². The molecule has 1 aromatic heterocycles. The lowest BCUT2D eigenvalue weighted by atomic mass is 10.2. The van der Waals surface area contributed by atoms with Crippen LogP contribution >= 0.6 is 0 Å². The molecular formula is C17H25N5O2S. The molecule has 1 aliphatic rings. The van der Waals surface area contributed by atoms with Gasteiger partial charge in [-0.15, -0.1) is 0 Å². The number of sulfonamides is 1. The van der Waals surface area contributed by atoms with Crippen LogP contribution in [0.2, 0.25) is 0 Å². The number of fused-ring (bicyclic) bond motifs is 1. The van der Waals surface area contributed by atoms with Gasteiger partial charge >= 0.3 is 0 Å². The summed E-state index contributed by atoms with van der Waals surface area (Å²) in [6.07, 6.45) is 2.81. The van der Waals surface area contributed by atoms with E-state index < -0.39 is 10.0 Å². The molecule has 0 fully saturated rings. The van der Waals surface area contributed by atoms with Crippen molar-refractivity contribution in [3.8, 4) is 0 Å². The van der Waals surface area contributed by atoms with E-state index in [9.17, 15) is 8.42 Å². The van der Waals surface area contributed by atoms with Crippen LogP contribution in [0.3, 0.4) is 0 Å². The van der Waals surface area contributed by atoms with Gasteiger partial charge in [-0.05, 0) is 24.1 Å². The third-order valence-corrected chi connectivity index (χ3v) is 6.45. The van der Waals surface area contributed by atoms with Gasteiger partial charge in [0.05, 0.1) is 23.3 Å². The van der Waals surface area contributed by atoms with Crippen LogP contribution in [0.5, 0.6) is 0 Å². The van der Waals surface area contributed by atoms with Crippen molar-refractivity contribution in [3.63, 3.8) is 0 Å². The fourth-order valence-corrected chi connectivity index (χ4v) is 4.07. The molecule has 0 radical (unpaired) electrons. The summed E-state index contributed by atoms with van der Waals surface area (Å²) in [7, 11) is 5.62. The Morgan fingerprint density at radius 1 is 1.20 bits per heavy atom. The highest BCUT2D eigenvalue weighted by atomic mass is 32.2. The first kappa shape index (κ1) is 17.8. The van der Waals surface area contributed by atoms with Crippen LogP contribution < -0.4 is 9.80 Å². The van der Waals surface area contributed by atoms with Gasteiger partial charge in [0.15, 0.2) is 0 Å². The lowest BCUT2D eigenvalue weighted by molar-refractivity contribution is 0.521. The van der Waals surface area contributed by atoms with Crippen LogP contribution in [-0.2, 0) is 30.0 Å². The maximum absolute atomic E-state index is 12.4. The van der Waals surface area contributed by atoms with Gasteiger partial charge in [0.1, 0.15) is 0 Å². The van der Waals surface area contributed by atoms with Crippen molar-refractivity contribution >= 4 is 21.7 Å². The zero-order valence-electron chi connectivity index (χ0n) is 15.4. The van der Waals surface area contributed by atoms with Crippen molar-refractivity contribution in [1.82, 2.24) is 13.9 Å². The molecule has 0 amide bonds. The molecule has 2 heterocycles. The maximum Gasteiger partial charge on any atom is 0.242 e. The molecular weight excluding hydrogens is 338 g/mol. The Bertz CT molecular complexity index is 886. The Labute approximate surface area is 149 Å². The van der Waals surface area contributed by atoms with E-state index in [4.69, 9.17) is 0 Å². The Morgan fingerprint density at radius 2 is 1.92 bits per heavy atom. The molecule has 0 saturated heterocycles. The molecule has 0 atom stereocenters. The van der Waals surface area contributed by atoms with E-state index >= 15 is 0 Å². The normalized spacial score (nSPS) is 14.2. The molecule has 2 aromatic rings. The highest BCUT2D eigenvalue weighted by Gasteiger charge is 2.25. The van der Waals surface area contributed by atoms with E-state index in [1.54, 1.807) is 26.2 Å². The molecule has 3 rings (SSSR count). The predicted molar refractivity (Wildman–Crippen MR) is 99.6 cm³/mol. The van der Waals surface area contributed by atoms with Crippen LogP contribution in [-0.4, -0.2) is 57.0 Å². The number of imidazole rings is 1. The van der Waals surface area contributed by atoms with Crippen LogP contribution in [0.4, 0.5) is 11.6 Å². The van der Waals surface area contributed by atoms with E-state index in [0.717, 1.165) is 30.3 Å². The summed E-state index contributed by atoms with van der Waals surface area (Å²) >= 11 is 0. The molecule has 0 bridgehead atoms. The number of rotatable bonds is 5. The first-order valence-electron chi connectivity index (χ1n) is 8.20. The summed E-state index contributed by atoms with van der Waals surface area (Å²) in [6.45, 7) is 1.58. The second kappa shape index (κ2) is 6.34. The molecule has 0 spiro atoms. The average molecular weight is 363 g/mol. The molecule has 25 heavy (non-hydrogen) atoms. The van der Waals surface area contributed by atoms with Crippen LogP contribution in [0.15, 0.2) is 29.3 Å². The Balaban J connectivity index is 1.91. The number of aromatic nitrogens is 2. The largest absolute Gasteiger partial charge is 0.365 e. The predicted octanol–water partition coefficient (Wildman–Crippen LogP) is 1.30. The minimum Gasteiger partial charge on any atom is -0.365 e. The molecule has 0 unspecified atom stereocenters. The molecule has 1 aliphatic heterocycles. The number of hydrogen-bond acceptors (Lipinski definition) is 5. The van der Waals surface area contributed by atoms with Gasteiger partial charge in [-0.1, -0.05) is 6.07 Å². The van der Waals surface area contributed by atoms with Crippen molar-refractivity contribution in [1.29, 1.82) is 0 Å². The molecule has 0 N–H and O–H groups in total. The average Bonchev–Trinajstić information content (AvgIpc) is 3.11. The molecule has 8 heteroatoms. The van der Waals surface area contributed by atoms with Crippen molar-refractivity contribution < 1.29 is 8.42 Å². The highest BCUT2D eigenvalue weighted by molar-refractivity contribution is 7.89. The number of hydrogen-bond donors (Lipinski definition) is 0. The number of benzene rings is 1. The summed E-state index contributed by atoms with van der Waals surface area (Å²) in [6, 6.07) is 5.42. The zero-order chi connectivity index (χ0) is 18.4. The van der Waals surface area contributed by atoms with Crippen molar-refractivity contribution in [2.45, 2.75) is 17.9 Å². The fourth-order valence-electron chi connectivity index (χ4n) is 3.15. The quantitative estimate of drug-likeness (QED) is 0.801. The Kier molecular flexibility index (Phi) is 4.51. The van der Waals surface area contributed by atoms with Crippen LogP contribution in [0, 0.1) is 0 Å². The molecule has 136 valence electrons. The smallest absolute Gasteiger partial charge is 0.242 e. The fraction of sp³-hybridized carbons (Fsp3) is 0.471. The third kappa shape index (κ3) is 3.11. The minimum atomic E-state index is -3.43. The summed E-state index contributed by atoms with van der Waals surface area (Å²) < 4.78 is 28.2.